The Balaban J connectivity index is 1.60. The van der Waals surface area contributed by atoms with Gasteiger partial charge in [0.2, 0.25) is 0 Å². The van der Waals surface area contributed by atoms with Gasteiger partial charge < -0.3 is 19.9 Å². The van der Waals surface area contributed by atoms with Gasteiger partial charge in [0.15, 0.2) is 5.78 Å². The fourth-order valence-electron chi connectivity index (χ4n) is 3.24. The summed E-state index contributed by atoms with van der Waals surface area (Å²) in [7, 11) is 0. The molecule has 1 N–H and O–H groups in total. The summed E-state index contributed by atoms with van der Waals surface area (Å²) in [4.78, 5) is 28.1. The van der Waals surface area contributed by atoms with Crippen LogP contribution in [0.1, 0.15) is 31.1 Å². The van der Waals surface area contributed by atoms with Crippen LogP contribution in [0.5, 0.6) is 5.75 Å². The molecule has 2 amide bonds. The minimum atomic E-state index is -0.146. The zero-order valence-corrected chi connectivity index (χ0v) is 16.6. The number of hydrogen-bond donors (Lipinski definition) is 1. The van der Waals surface area contributed by atoms with Gasteiger partial charge in [-0.15, -0.1) is 0 Å². The molecule has 6 heteroatoms. The predicted molar refractivity (Wildman–Crippen MR) is 111 cm³/mol. The van der Waals surface area contributed by atoms with Crippen molar-refractivity contribution in [2.45, 2.75) is 26.9 Å². The van der Waals surface area contributed by atoms with Crippen LogP contribution in [0.15, 0.2) is 48.5 Å². The quantitative estimate of drug-likeness (QED) is 0.795. The highest BCUT2D eigenvalue weighted by Crippen LogP contribution is 2.29. The summed E-state index contributed by atoms with van der Waals surface area (Å²) < 4.78 is 5.92. The summed E-state index contributed by atoms with van der Waals surface area (Å²) in [5.74, 6) is 0.850. The number of carbonyl (C=O) groups is 2. The van der Waals surface area contributed by atoms with Crippen LogP contribution in [-0.4, -0.2) is 49.0 Å². The van der Waals surface area contributed by atoms with Crippen molar-refractivity contribution in [1.82, 2.24) is 4.90 Å². The second kappa shape index (κ2) is 8.78. The van der Waals surface area contributed by atoms with E-state index in [1.807, 2.05) is 32.0 Å². The topological polar surface area (TPSA) is 61.9 Å². The number of carbonyl (C=O) groups excluding carboxylic acids is 2. The number of ketones is 1. The van der Waals surface area contributed by atoms with E-state index >= 15 is 0 Å². The smallest absolute Gasteiger partial charge is 0.321 e. The van der Waals surface area contributed by atoms with E-state index in [2.05, 4.69) is 16.3 Å². The number of Topliss-reactive ketones (excluding diaryl/α,β-unsaturated/α-hetero) is 1. The van der Waals surface area contributed by atoms with Gasteiger partial charge in [0.25, 0.3) is 0 Å². The Morgan fingerprint density at radius 2 is 1.71 bits per heavy atom. The maximum atomic E-state index is 12.6. The minimum Gasteiger partial charge on any atom is -0.489 e. The van der Waals surface area contributed by atoms with Gasteiger partial charge in [-0.05, 0) is 45.0 Å². The molecule has 2 aromatic rings. The van der Waals surface area contributed by atoms with Crippen LogP contribution in [0.4, 0.5) is 16.2 Å². The van der Waals surface area contributed by atoms with Crippen molar-refractivity contribution in [3.8, 4) is 5.75 Å². The Labute approximate surface area is 166 Å². The molecule has 0 unspecified atom stereocenters. The van der Waals surface area contributed by atoms with E-state index in [9.17, 15) is 9.59 Å². The largest absolute Gasteiger partial charge is 0.489 e. The number of anilines is 2. The van der Waals surface area contributed by atoms with Crippen molar-refractivity contribution in [2.24, 2.45) is 0 Å². The Bertz CT molecular complexity index is 842. The van der Waals surface area contributed by atoms with Crippen LogP contribution >= 0.6 is 0 Å². The van der Waals surface area contributed by atoms with Gasteiger partial charge in [-0.2, -0.15) is 0 Å². The molecule has 6 nitrogen and oxygen atoms in total. The number of piperazine rings is 1. The lowest BCUT2D eigenvalue weighted by Gasteiger charge is -2.36. The van der Waals surface area contributed by atoms with Crippen molar-refractivity contribution in [3.05, 3.63) is 54.1 Å². The van der Waals surface area contributed by atoms with Gasteiger partial charge in [0.1, 0.15) is 5.75 Å². The number of rotatable bonds is 5. The number of ether oxygens (including phenoxy) is 1. The molecular formula is C22H27N3O3. The van der Waals surface area contributed by atoms with Crippen LogP contribution in [0.2, 0.25) is 0 Å². The summed E-state index contributed by atoms with van der Waals surface area (Å²) in [5.41, 5.74) is 2.28. The Morgan fingerprint density at radius 1 is 1.00 bits per heavy atom. The van der Waals surface area contributed by atoms with Crippen molar-refractivity contribution in [2.75, 3.05) is 36.4 Å². The van der Waals surface area contributed by atoms with E-state index in [0.717, 1.165) is 24.5 Å². The van der Waals surface area contributed by atoms with Crippen molar-refractivity contribution < 1.29 is 14.3 Å². The fraction of sp³-hybridized carbons (Fsp3) is 0.364. The molecule has 0 aromatic heterocycles. The Kier molecular flexibility index (Phi) is 6.19. The van der Waals surface area contributed by atoms with Crippen LogP contribution < -0.4 is 15.0 Å². The number of benzene rings is 2. The SMILES string of the molecule is CC(=O)c1cccc(NC(=O)N2CCN(c3ccccc3OC(C)C)CC2)c1. The number of amides is 2. The molecule has 2 aromatic carbocycles. The Morgan fingerprint density at radius 3 is 2.39 bits per heavy atom. The molecule has 1 aliphatic heterocycles. The monoisotopic (exact) mass is 381 g/mol. The van der Waals surface area contributed by atoms with Crippen LogP contribution in [0, 0.1) is 0 Å². The average Bonchev–Trinajstić information content (AvgIpc) is 2.68. The molecule has 28 heavy (non-hydrogen) atoms. The number of nitrogens with zero attached hydrogens (tertiary/aromatic N) is 2. The predicted octanol–water partition coefficient (Wildman–Crippen LogP) is 4.03. The molecule has 148 valence electrons. The maximum Gasteiger partial charge on any atom is 0.321 e. The van der Waals surface area contributed by atoms with Gasteiger partial charge >= 0.3 is 6.03 Å². The van der Waals surface area contributed by atoms with Crippen molar-refractivity contribution >= 4 is 23.2 Å². The number of hydrogen-bond acceptors (Lipinski definition) is 4. The molecule has 0 saturated carbocycles. The highest BCUT2D eigenvalue weighted by molar-refractivity contribution is 5.96. The van der Waals surface area contributed by atoms with E-state index in [4.69, 9.17) is 4.74 Å². The third-order valence-electron chi connectivity index (χ3n) is 4.66. The van der Waals surface area contributed by atoms with Crippen LogP contribution in [0.25, 0.3) is 0 Å². The lowest BCUT2D eigenvalue weighted by Crippen LogP contribution is -2.50. The average molecular weight is 381 g/mol. The second-order valence-corrected chi connectivity index (χ2v) is 7.18. The zero-order valence-electron chi connectivity index (χ0n) is 16.6. The first-order chi connectivity index (χ1) is 13.4. The van der Waals surface area contributed by atoms with E-state index in [1.165, 1.54) is 6.92 Å². The van der Waals surface area contributed by atoms with Crippen molar-refractivity contribution in [1.29, 1.82) is 0 Å². The molecule has 3 rings (SSSR count). The fourth-order valence-corrected chi connectivity index (χ4v) is 3.24. The lowest BCUT2D eigenvalue weighted by molar-refractivity contribution is 0.101. The minimum absolute atomic E-state index is 0.0213. The molecule has 1 saturated heterocycles. The summed E-state index contributed by atoms with van der Waals surface area (Å²) >= 11 is 0. The van der Waals surface area contributed by atoms with E-state index in [1.54, 1.807) is 29.2 Å². The van der Waals surface area contributed by atoms with Gasteiger partial charge in [-0.1, -0.05) is 24.3 Å². The maximum absolute atomic E-state index is 12.6. The normalized spacial score (nSPS) is 14.1. The van der Waals surface area contributed by atoms with Gasteiger partial charge in [-0.3, -0.25) is 4.79 Å². The molecule has 0 atom stereocenters. The summed E-state index contributed by atoms with van der Waals surface area (Å²) in [6.07, 6.45) is 0.110. The van der Waals surface area contributed by atoms with Gasteiger partial charge in [0.05, 0.1) is 11.8 Å². The molecule has 0 bridgehead atoms. The highest BCUT2D eigenvalue weighted by Gasteiger charge is 2.23. The molecule has 0 radical (unpaired) electrons. The van der Waals surface area contributed by atoms with Crippen LogP contribution in [-0.2, 0) is 0 Å². The third-order valence-corrected chi connectivity index (χ3v) is 4.66. The summed E-state index contributed by atoms with van der Waals surface area (Å²) in [6.45, 7) is 8.25. The molecule has 1 aliphatic rings. The van der Waals surface area contributed by atoms with Gasteiger partial charge in [-0.25, -0.2) is 4.79 Å². The lowest BCUT2D eigenvalue weighted by atomic mass is 10.1. The first-order valence-corrected chi connectivity index (χ1v) is 9.61. The molecule has 1 heterocycles. The zero-order chi connectivity index (χ0) is 20.1. The third kappa shape index (κ3) is 4.82. The molecular weight excluding hydrogens is 354 g/mol. The number of nitrogens with one attached hydrogen (secondary N) is 1. The highest BCUT2D eigenvalue weighted by atomic mass is 16.5. The van der Waals surface area contributed by atoms with Gasteiger partial charge in [0, 0.05) is 37.4 Å². The Hall–Kier alpha value is -3.02. The number of urea groups is 1. The summed E-state index contributed by atoms with van der Waals surface area (Å²) in [6, 6.07) is 14.9. The molecule has 1 fully saturated rings. The summed E-state index contributed by atoms with van der Waals surface area (Å²) in [5, 5.41) is 2.89. The van der Waals surface area contributed by atoms with E-state index in [-0.39, 0.29) is 17.9 Å². The standard InChI is InChI=1S/C22H27N3O3/c1-16(2)28-21-10-5-4-9-20(21)24-11-13-25(14-12-24)22(27)23-19-8-6-7-18(15-19)17(3)26/h4-10,15-16H,11-14H2,1-3H3,(H,23,27). The second-order valence-electron chi connectivity index (χ2n) is 7.18. The first-order valence-electron chi connectivity index (χ1n) is 9.61. The van der Waals surface area contributed by atoms with E-state index < -0.39 is 0 Å². The van der Waals surface area contributed by atoms with Crippen molar-refractivity contribution in [3.63, 3.8) is 0 Å². The van der Waals surface area contributed by atoms with E-state index in [0.29, 0.717) is 24.3 Å². The number of para-hydroxylation sites is 2. The first kappa shape index (κ1) is 19.7. The molecule has 0 spiro atoms. The van der Waals surface area contributed by atoms with Crippen LogP contribution in [0.3, 0.4) is 0 Å². The molecule has 0 aliphatic carbocycles.